The molecule has 2 aromatic rings. The summed E-state index contributed by atoms with van der Waals surface area (Å²) in [7, 11) is 1.97. The Morgan fingerprint density at radius 2 is 2.00 bits per heavy atom. The molecule has 0 saturated heterocycles. The average Bonchev–Trinajstić information content (AvgIpc) is 2.69. The Kier molecular flexibility index (Phi) is 3.97. The molecule has 0 aliphatic heterocycles. The lowest BCUT2D eigenvalue weighted by atomic mass is 10.2. The van der Waals surface area contributed by atoms with Gasteiger partial charge in [-0.3, -0.25) is 0 Å². The fourth-order valence-electron chi connectivity index (χ4n) is 1.73. The van der Waals surface area contributed by atoms with Gasteiger partial charge in [0.1, 0.15) is 0 Å². The van der Waals surface area contributed by atoms with Crippen LogP contribution in [-0.2, 0) is 6.42 Å². The van der Waals surface area contributed by atoms with Gasteiger partial charge in [0.15, 0.2) is 0 Å². The Balaban J connectivity index is 2.24. The SMILES string of the molecule is CNCCc1cn(-c2ccc(Br)cc2)nc1C. The third-order valence-electron chi connectivity index (χ3n) is 2.74. The lowest BCUT2D eigenvalue weighted by Gasteiger charge is -2.00. The van der Waals surface area contributed by atoms with Crippen LogP contribution in [0.2, 0.25) is 0 Å². The van der Waals surface area contributed by atoms with E-state index in [0.29, 0.717) is 0 Å². The molecule has 0 spiro atoms. The van der Waals surface area contributed by atoms with E-state index in [0.717, 1.165) is 28.8 Å². The van der Waals surface area contributed by atoms with Crippen LogP contribution < -0.4 is 5.32 Å². The number of nitrogens with zero attached hydrogens (tertiary/aromatic N) is 2. The lowest BCUT2D eigenvalue weighted by molar-refractivity contribution is 0.788. The van der Waals surface area contributed by atoms with E-state index in [1.165, 1.54) is 5.56 Å². The van der Waals surface area contributed by atoms with E-state index in [1.807, 2.05) is 23.9 Å². The molecule has 0 fully saturated rings. The first-order valence-corrected chi connectivity index (χ1v) is 6.45. The predicted molar refractivity (Wildman–Crippen MR) is 73.6 cm³/mol. The van der Waals surface area contributed by atoms with Crippen molar-refractivity contribution in [3.63, 3.8) is 0 Å². The molecular weight excluding hydrogens is 278 g/mol. The molecule has 0 atom stereocenters. The number of nitrogens with one attached hydrogen (secondary N) is 1. The highest BCUT2D eigenvalue weighted by Crippen LogP contribution is 2.15. The summed E-state index contributed by atoms with van der Waals surface area (Å²) in [6.07, 6.45) is 3.12. The van der Waals surface area contributed by atoms with E-state index < -0.39 is 0 Å². The van der Waals surface area contributed by atoms with Crippen molar-refractivity contribution < 1.29 is 0 Å². The fourth-order valence-corrected chi connectivity index (χ4v) is 1.99. The van der Waals surface area contributed by atoms with Crippen LogP contribution in [0, 0.1) is 6.92 Å². The Hall–Kier alpha value is -1.13. The lowest BCUT2D eigenvalue weighted by Crippen LogP contribution is -2.10. The standard InChI is InChI=1S/C13H16BrN3/c1-10-11(7-8-15-2)9-17(16-10)13-5-3-12(14)4-6-13/h3-6,9,15H,7-8H2,1-2H3. The Bertz CT molecular complexity index is 488. The summed E-state index contributed by atoms with van der Waals surface area (Å²) in [5.74, 6) is 0. The summed E-state index contributed by atoms with van der Waals surface area (Å²) in [5.41, 5.74) is 3.48. The Morgan fingerprint density at radius 1 is 1.29 bits per heavy atom. The maximum atomic E-state index is 4.54. The van der Waals surface area contributed by atoms with Crippen molar-refractivity contribution in [2.75, 3.05) is 13.6 Å². The molecule has 90 valence electrons. The van der Waals surface area contributed by atoms with Crippen LogP contribution in [0.4, 0.5) is 0 Å². The van der Waals surface area contributed by atoms with Crippen LogP contribution in [0.25, 0.3) is 5.69 Å². The highest BCUT2D eigenvalue weighted by Gasteiger charge is 2.05. The van der Waals surface area contributed by atoms with E-state index in [9.17, 15) is 0 Å². The van der Waals surface area contributed by atoms with Crippen molar-refractivity contribution in [1.29, 1.82) is 0 Å². The third-order valence-corrected chi connectivity index (χ3v) is 3.26. The molecular formula is C13H16BrN3. The molecule has 1 aromatic carbocycles. The highest BCUT2D eigenvalue weighted by atomic mass is 79.9. The molecule has 4 heteroatoms. The molecule has 0 saturated carbocycles. The molecule has 0 radical (unpaired) electrons. The Morgan fingerprint density at radius 3 is 2.65 bits per heavy atom. The Labute approximate surface area is 110 Å². The van der Waals surface area contributed by atoms with Crippen molar-refractivity contribution in [2.24, 2.45) is 0 Å². The van der Waals surface area contributed by atoms with Gasteiger partial charge in [0.25, 0.3) is 0 Å². The van der Waals surface area contributed by atoms with Crippen molar-refractivity contribution in [3.8, 4) is 5.69 Å². The van der Waals surface area contributed by atoms with Gasteiger partial charge in [0.2, 0.25) is 0 Å². The second-order valence-electron chi connectivity index (χ2n) is 4.01. The fraction of sp³-hybridized carbons (Fsp3) is 0.308. The number of benzene rings is 1. The topological polar surface area (TPSA) is 29.9 Å². The van der Waals surface area contributed by atoms with E-state index >= 15 is 0 Å². The maximum absolute atomic E-state index is 4.54. The minimum atomic E-state index is 0.979. The molecule has 17 heavy (non-hydrogen) atoms. The molecule has 0 aliphatic carbocycles. The maximum Gasteiger partial charge on any atom is 0.0646 e. The summed E-state index contributed by atoms with van der Waals surface area (Å²) >= 11 is 3.43. The van der Waals surface area contributed by atoms with Crippen LogP contribution in [0.1, 0.15) is 11.3 Å². The minimum absolute atomic E-state index is 0.979. The molecule has 0 unspecified atom stereocenters. The molecule has 0 bridgehead atoms. The normalized spacial score (nSPS) is 10.8. The van der Waals surface area contributed by atoms with E-state index in [-0.39, 0.29) is 0 Å². The smallest absolute Gasteiger partial charge is 0.0646 e. The summed E-state index contributed by atoms with van der Waals surface area (Å²) < 4.78 is 3.02. The van der Waals surface area contributed by atoms with Gasteiger partial charge in [-0.05, 0) is 56.8 Å². The second kappa shape index (κ2) is 5.47. The zero-order valence-corrected chi connectivity index (χ0v) is 11.7. The van der Waals surface area contributed by atoms with Crippen molar-refractivity contribution in [2.45, 2.75) is 13.3 Å². The number of aryl methyl sites for hydroxylation is 1. The molecule has 1 aromatic heterocycles. The molecule has 1 heterocycles. The van der Waals surface area contributed by atoms with Gasteiger partial charge in [-0.25, -0.2) is 4.68 Å². The van der Waals surface area contributed by atoms with Gasteiger partial charge in [-0.1, -0.05) is 15.9 Å². The first kappa shape index (κ1) is 12.3. The quantitative estimate of drug-likeness (QED) is 0.939. The van der Waals surface area contributed by atoms with Gasteiger partial charge < -0.3 is 5.32 Å². The van der Waals surface area contributed by atoms with Gasteiger partial charge in [-0.2, -0.15) is 5.10 Å². The zero-order valence-electron chi connectivity index (χ0n) is 10.1. The zero-order chi connectivity index (χ0) is 12.3. The average molecular weight is 294 g/mol. The molecule has 2 rings (SSSR count). The number of aromatic nitrogens is 2. The number of likely N-dealkylation sites (N-methyl/N-ethyl adjacent to an activating group) is 1. The minimum Gasteiger partial charge on any atom is -0.319 e. The third kappa shape index (κ3) is 2.96. The van der Waals surface area contributed by atoms with Crippen LogP contribution in [0.3, 0.4) is 0 Å². The van der Waals surface area contributed by atoms with Gasteiger partial charge in [0.05, 0.1) is 11.4 Å². The number of rotatable bonds is 4. The number of halogens is 1. The summed E-state index contributed by atoms with van der Waals surface area (Å²) in [6, 6.07) is 8.16. The molecule has 0 amide bonds. The predicted octanol–water partition coefficient (Wildman–Crippen LogP) is 2.71. The molecule has 1 N–H and O–H groups in total. The first-order valence-electron chi connectivity index (χ1n) is 5.66. The van der Waals surface area contributed by atoms with E-state index in [1.54, 1.807) is 0 Å². The molecule has 0 aliphatic rings. The second-order valence-corrected chi connectivity index (χ2v) is 4.93. The van der Waals surface area contributed by atoms with E-state index in [4.69, 9.17) is 0 Å². The largest absolute Gasteiger partial charge is 0.319 e. The number of hydrogen-bond acceptors (Lipinski definition) is 2. The summed E-state index contributed by atoms with van der Waals surface area (Å²) in [5, 5.41) is 7.69. The van der Waals surface area contributed by atoms with Crippen LogP contribution >= 0.6 is 15.9 Å². The summed E-state index contributed by atoms with van der Waals surface area (Å²) in [6.45, 7) is 3.03. The van der Waals surface area contributed by atoms with Crippen LogP contribution in [0.15, 0.2) is 34.9 Å². The highest BCUT2D eigenvalue weighted by molar-refractivity contribution is 9.10. The first-order chi connectivity index (χ1) is 8.20. The van der Waals surface area contributed by atoms with E-state index in [2.05, 4.69) is 51.6 Å². The van der Waals surface area contributed by atoms with Gasteiger partial charge in [0, 0.05) is 10.7 Å². The monoisotopic (exact) mass is 293 g/mol. The summed E-state index contributed by atoms with van der Waals surface area (Å²) in [4.78, 5) is 0. The van der Waals surface area contributed by atoms with Gasteiger partial charge in [-0.15, -0.1) is 0 Å². The van der Waals surface area contributed by atoms with Crippen molar-refractivity contribution >= 4 is 15.9 Å². The van der Waals surface area contributed by atoms with Crippen molar-refractivity contribution in [1.82, 2.24) is 15.1 Å². The van der Waals surface area contributed by atoms with Gasteiger partial charge >= 0.3 is 0 Å². The van der Waals surface area contributed by atoms with Crippen LogP contribution in [0.5, 0.6) is 0 Å². The number of hydrogen-bond donors (Lipinski definition) is 1. The van der Waals surface area contributed by atoms with Crippen LogP contribution in [-0.4, -0.2) is 23.4 Å². The molecule has 3 nitrogen and oxygen atoms in total. The van der Waals surface area contributed by atoms with Crippen molar-refractivity contribution in [3.05, 3.63) is 46.2 Å².